The van der Waals surface area contributed by atoms with Crippen molar-refractivity contribution in [1.82, 2.24) is 10.2 Å². The maximum Gasteiger partial charge on any atom is 0.261 e. The first-order valence-corrected chi connectivity index (χ1v) is 13.3. The van der Waals surface area contributed by atoms with Crippen LogP contribution >= 0.6 is 0 Å². The van der Waals surface area contributed by atoms with E-state index in [1.807, 2.05) is 43.3 Å². The van der Waals surface area contributed by atoms with Crippen LogP contribution in [-0.2, 0) is 14.8 Å². The second-order valence-corrected chi connectivity index (χ2v) is 10.3. The highest BCUT2D eigenvalue weighted by molar-refractivity contribution is 7.92. The molecule has 1 heterocycles. The minimum Gasteiger partial charge on any atom is -0.497 e. The highest BCUT2D eigenvalue weighted by Crippen LogP contribution is 2.24. The van der Waals surface area contributed by atoms with Gasteiger partial charge in [0.1, 0.15) is 5.75 Å². The van der Waals surface area contributed by atoms with E-state index in [1.54, 1.807) is 31.4 Å². The molecule has 0 bridgehead atoms. The van der Waals surface area contributed by atoms with Crippen molar-refractivity contribution in [1.29, 1.82) is 0 Å². The maximum absolute atomic E-state index is 13.0. The molecule has 0 unspecified atom stereocenters. The fourth-order valence-corrected chi connectivity index (χ4v) is 5.21. The second kappa shape index (κ2) is 11.6. The van der Waals surface area contributed by atoms with Crippen molar-refractivity contribution in [3.8, 4) is 5.75 Å². The number of aryl methyl sites for hydroxylation is 1. The molecule has 1 fully saturated rings. The molecule has 9 heteroatoms. The van der Waals surface area contributed by atoms with Gasteiger partial charge < -0.3 is 14.8 Å². The number of amides is 1. The van der Waals surface area contributed by atoms with E-state index in [0.29, 0.717) is 25.4 Å². The van der Waals surface area contributed by atoms with Gasteiger partial charge in [0.05, 0.1) is 31.3 Å². The first-order valence-electron chi connectivity index (χ1n) is 11.8. The van der Waals surface area contributed by atoms with Gasteiger partial charge in [-0.2, -0.15) is 0 Å². The van der Waals surface area contributed by atoms with Crippen molar-refractivity contribution in [3.05, 3.63) is 89.5 Å². The van der Waals surface area contributed by atoms with E-state index in [9.17, 15) is 13.2 Å². The molecule has 4 rings (SSSR count). The lowest BCUT2D eigenvalue weighted by Crippen LogP contribution is -2.43. The summed E-state index contributed by atoms with van der Waals surface area (Å²) in [6.07, 6.45) is 0. The Balaban J connectivity index is 1.48. The molecule has 36 heavy (non-hydrogen) atoms. The van der Waals surface area contributed by atoms with Gasteiger partial charge in [-0.1, -0.05) is 35.9 Å². The Bertz CT molecular complexity index is 1270. The Kier molecular flexibility index (Phi) is 8.25. The lowest BCUT2D eigenvalue weighted by Gasteiger charge is -2.35. The predicted octanol–water partition coefficient (Wildman–Crippen LogP) is 3.61. The molecule has 1 aliphatic heterocycles. The Labute approximate surface area is 212 Å². The number of morpholine rings is 1. The summed E-state index contributed by atoms with van der Waals surface area (Å²) in [5, 5.41) is 2.99. The van der Waals surface area contributed by atoms with Crippen LogP contribution in [0.1, 0.15) is 27.5 Å². The van der Waals surface area contributed by atoms with E-state index < -0.39 is 10.0 Å². The average Bonchev–Trinajstić information content (AvgIpc) is 2.91. The number of carbonyl (C=O) groups is 1. The summed E-state index contributed by atoms with van der Waals surface area (Å²) in [7, 11) is -2.22. The molecule has 1 aliphatic rings. The topological polar surface area (TPSA) is 97.0 Å². The number of hydrogen-bond acceptors (Lipinski definition) is 6. The maximum atomic E-state index is 13.0. The molecule has 0 saturated carbocycles. The molecule has 190 valence electrons. The van der Waals surface area contributed by atoms with Gasteiger partial charge in [0.2, 0.25) is 0 Å². The molecule has 1 amide bonds. The van der Waals surface area contributed by atoms with Crippen molar-refractivity contribution in [2.75, 3.05) is 44.7 Å². The molecular formula is C27H31N3O5S. The monoisotopic (exact) mass is 509 g/mol. The van der Waals surface area contributed by atoms with Crippen LogP contribution in [-0.4, -0.2) is 59.2 Å². The molecule has 8 nitrogen and oxygen atoms in total. The molecule has 0 radical (unpaired) electrons. The fourth-order valence-electron chi connectivity index (χ4n) is 4.10. The molecule has 1 atom stereocenters. The van der Waals surface area contributed by atoms with Crippen molar-refractivity contribution >= 4 is 21.6 Å². The fraction of sp³-hybridized carbons (Fsp3) is 0.296. The van der Waals surface area contributed by atoms with Gasteiger partial charge in [-0.05, 0) is 55.0 Å². The van der Waals surface area contributed by atoms with E-state index in [4.69, 9.17) is 9.47 Å². The standard InChI is InChI=1S/C27H31N3O5S/c1-20-6-10-23(11-7-20)29-36(32,33)25-5-3-4-22(18-25)27(31)28-19-26(30-14-16-35-17-15-30)21-8-12-24(34-2)13-9-21/h3-13,18,26,29H,14-17,19H2,1-2H3,(H,28,31)/t26-/m1/s1. The zero-order valence-electron chi connectivity index (χ0n) is 20.4. The molecule has 0 aliphatic carbocycles. The summed E-state index contributed by atoms with van der Waals surface area (Å²) in [6, 6.07) is 20.8. The number of hydrogen-bond donors (Lipinski definition) is 2. The summed E-state index contributed by atoms with van der Waals surface area (Å²) in [5.41, 5.74) is 2.82. The largest absolute Gasteiger partial charge is 0.497 e. The normalized spacial score (nSPS) is 15.2. The third kappa shape index (κ3) is 6.42. The molecule has 0 spiro atoms. The van der Waals surface area contributed by atoms with Gasteiger partial charge in [0, 0.05) is 30.9 Å². The molecule has 3 aromatic carbocycles. The summed E-state index contributed by atoms with van der Waals surface area (Å²) < 4.78 is 39.1. The van der Waals surface area contributed by atoms with Crippen molar-refractivity contribution < 1.29 is 22.7 Å². The number of nitrogens with one attached hydrogen (secondary N) is 2. The lowest BCUT2D eigenvalue weighted by atomic mass is 10.0. The van der Waals surface area contributed by atoms with E-state index in [0.717, 1.165) is 30.0 Å². The van der Waals surface area contributed by atoms with Gasteiger partial charge in [-0.15, -0.1) is 0 Å². The smallest absolute Gasteiger partial charge is 0.261 e. The molecule has 0 aromatic heterocycles. The van der Waals surface area contributed by atoms with E-state index in [1.165, 1.54) is 12.1 Å². The Morgan fingerprint density at radius 1 is 1.03 bits per heavy atom. The van der Waals surface area contributed by atoms with Crippen LogP contribution in [0.4, 0.5) is 5.69 Å². The first kappa shape index (κ1) is 25.7. The Morgan fingerprint density at radius 3 is 2.39 bits per heavy atom. The van der Waals surface area contributed by atoms with Gasteiger partial charge in [0.15, 0.2) is 0 Å². The quantitative estimate of drug-likeness (QED) is 0.458. The number of methoxy groups -OCH3 is 1. The average molecular weight is 510 g/mol. The van der Waals surface area contributed by atoms with E-state index in [2.05, 4.69) is 14.9 Å². The summed E-state index contributed by atoms with van der Waals surface area (Å²) in [5.74, 6) is 0.426. The highest BCUT2D eigenvalue weighted by atomic mass is 32.2. The predicted molar refractivity (Wildman–Crippen MR) is 139 cm³/mol. The van der Waals surface area contributed by atoms with E-state index in [-0.39, 0.29) is 22.4 Å². The summed E-state index contributed by atoms with van der Waals surface area (Å²) in [4.78, 5) is 15.3. The van der Waals surface area contributed by atoms with Gasteiger partial charge >= 0.3 is 0 Å². The van der Waals surface area contributed by atoms with Gasteiger partial charge in [-0.25, -0.2) is 8.42 Å². The van der Waals surface area contributed by atoms with Gasteiger partial charge in [0.25, 0.3) is 15.9 Å². The zero-order chi connectivity index (χ0) is 25.5. The van der Waals surface area contributed by atoms with Crippen molar-refractivity contribution in [2.24, 2.45) is 0 Å². The lowest BCUT2D eigenvalue weighted by molar-refractivity contribution is 0.0162. The van der Waals surface area contributed by atoms with Crippen LogP contribution in [0, 0.1) is 6.92 Å². The first-order chi connectivity index (χ1) is 17.4. The van der Waals surface area contributed by atoms with Gasteiger partial charge in [-0.3, -0.25) is 14.4 Å². The molecule has 1 saturated heterocycles. The number of sulfonamides is 1. The summed E-state index contributed by atoms with van der Waals surface area (Å²) >= 11 is 0. The number of nitrogens with zero attached hydrogens (tertiary/aromatic N) is 1. The third-order valence-electron chi connectivity index (χ3n) is 6.15. The number of benzene rings is 3. The summed E-state index contributed by atoms with van der Waals surface area (Å²) in [6.45, 7) is 5.07. The van der Waals surface area contributed by atoms with Crippen LogP contribution < -0.4 is 14.8 Å². The van der Waals surface area contributed by atoms with Crippen LogP contribution in [0.15, 0.2) is 77.7 Å². The molecule has 3 aromatic rings. The number of carbonyl (C=O) groups excluding carboxylic acids is 1. The molecular weight excluding hydrogens is 478 g/mol. The Morgan fingerprint density at radius 2 is 1.72 bits per heavy atom. The van der Waals surface area contributed by atoms with Crippen LogP contribution in [0.2, 0.25) is 0 Å². The third-order valence-corrected chi connectivity index (χ3v) is 7.53. The SMILES string of the molecule is COc1ccc([C@@H](CNC(=O)c2cccc(S(=O)(=O)Nc3ccc(C)cc3)c2)N2CCOCC2)cc1. The minimum absolute atomic E-state index is 0.0237. The number of rotatable bonds is 9. The number of anilines is 1. The van der Waals surface area contributed by atoms with E-state index >= 15 is 0 Å². The van der Waals surface area contributed by atoms with Crippen molar-refractivity contribution in [2.45, 2.75) is 17.9 Å². The van der Waals surface area contributed by atoms with Crippen LogP contribution in [0.5, 0.6) is 5.75 Å². The van der Waals surface area contributed by atoms with Crippen LogP contribution in [0.25, 0.3) is 0 Å². The van der Waals surface area contributed by atoms with Crippen molar-refractivity contribution in [3.63, 3.8) is 0 Å². The minimum atomic E-state index is -3.84. The number of ether oxygens (including phenoxy) is 2. The Hall–Kier alpha value is -3.40. The second-order valence-electron chi connectivity index (χ2n) is 8.65. The van der Waals surface area contributed by atoms with Crippen LogP contribution in [0.3, 0.4) is 0 Å². The molecule has 2 N–H and O–H groups in total. The zero-order valence-corrected chi connectivity index (χ0v) is 21.3. The highest BCUT2D eigenvalue weighted by Gasteiger charge is 2.24.